The summed E-state index contributed by atoms with van der Waals surface area (Å²) in [6.07, 6.45) is 5.27. The maximum atomic E-state index is 6.40. The molecule has 0 atom stereocenters. The Morgan fingerprint density at radius 1 is 0.781 bits per heavy atom. The first kappa shape index (κ1) is 18.8. The van der Waals surface area contributed by atoms with Crippen molar-refractivity contribution in [2.24, 2.45) is 0 Å². The van der Waals surface area contributed by atoms with Crippen LogP contribution < -0.4 is 0 Å². The number of furan rings is 2. The molecular formula is C28H22N2O2. The van der Waals surface area contributed by atoms with Gasteiger partial charge in [0.1, 0.15) is 17.0 Å². The molecule has 0 fully saturated rings. The molecule has 6 aromatic rings. The van der Waals surface area contributed by atoms with Gasteiger partial charge >= 0.3 is 0 Å². The average Bonchev–Trinajstić information content (AvgIpc) is 3.44. The highest BCUT2D eigenvalue weighted by atomic mass is 16.3. The van der Waals surface area contributed by atoms with Crippen molar-refractivity contribution in [1.82, 2.24) is 9.97 Å². The van der Waals surface area contributed by atoms with Gasteiger partial charge in [-0.2, -0.15) is 0 Å². The summed E-state index contributed by atoms with van der Waals surface area (Å²) in [6, 6.07) is 20.8. The predicted molar refractivity (Wildman–Crippen MR) is 129 cm³/mol. The molecule has 0 N–H and O–H groups in total. The van der Waals surface area contributed by atoms with Crippen LogP contribution in [0.4, 0.5) is 0 Å². The first-order valence-corrected chi connectivity index (χ1v) is 10.7. The van der Waals surface area contributed by atoms with Crippen LogP contribution in [0, 0.1) is 0 Å². The summed E-state index contributed by atoms with van der Waals surface area (Å²) in [4.78, 5) is 9.10. The van der Waals surface area contributed by atoms with E-state index in [0.29, 0.717) is 0 Å². The molecular weight excluding hydrogens is 396 g/mol. The van der Waals surface area contributed by atoms with Gasteiger partial charge in [0.05, 0.1) is 11.8 Å². The van der Waals surface area contributed by atoms with Gasteiger partial charge in [0.25, 0.3) is 0 Å². The van der Waals surface area contributed by atoms with Gasteiger partial charge in [0, 0.05) is 29.4 Å². The average molecular weight is 418 g/mol. The molecule has 6 rings (SSSR count). The van der Waals surface area contributed by atoms with Crippen LogP contribution in [0.25, 0.3) is 55.4 Å². The van der Waals surface area contributed by atoms with Crippen molar-refractivity contribution in [2.45, 2.75) is 26.2 Å². The lowest BCUT2D eigenvalue weighted by Gasteiger charge is -2.22. The van der Waals surface area contributed by atoms with Crippen LogP contribution in [0.15, 0.2) is 88.2 Å². The molecule has 0 aliphatic carbocycles. The molecule has 0 aliphatic rings. The lowest BCUT2D eigenvalue weighted by atomic mass is 9.82. The third kappa shape index (κ3) is 2.91. The number of hydrogen-bond donors (Lipinski definition) is 0. The molecule has 2 aromatic carbocycles. The third-order valence-electron chi connectivity index (χ3n) is 5.99. The molecule has 0 unspecified atom stereocenters. The van der Waals surface area contributed by atoms with Crippen molar-refractivity contribution >= 4 is 32.8 Å². The number of pyridine rings is 2. The minimum atomic E-state index is -0.000233. The van der Waals surface area contributed by atoms with Crippen LogP contribution in [0.5, 0.6) is 0 Å². The number of aromatic nitrogens is 2. The van der Waals surface area contributed by atoms with Gasteiger partial charge in [0.2, 0.25) is 0 Å². The predicted octanol–water partition coefficient (Wildman–Crippen LogP) is 7.75. The molecule has 0 bridgehead atoms. The summed E-state index contributed by atoms with van der Waals surface area (Å²) >= 11 is 0. The smallest absolute Gasteiger partial charge is 0.163 e. The molecule has 0 spiro atoms. The fourth-order valence-electron chi connectivity index (χ4n) is 4.44. The van der Waals surface area contributed by atoms with E-state index in [1.807, 2.05) is 30.5 Å². The molecule has 0 radical (unpaired) electrons. The largest absolute Gasteiger partial charge is 0.462 e. The summed E-state index contributed by atoms with van der Waals surface area (Å²) in [5.74, 6) is 0.744. The van der Waals surface area contributed by atoms with Crippen molar-refractivity contribution in [3.8, 4) is 22.6 Å². The van der Waals surface area contributed by atoms with Crippen molar-refractivity contribution < 1.29 is 8.83 Å². The Labute approximate surface area is 185 Å². The highest BCUT2D eigenvalue weighted by molar-refractivity contribution is 5.98. The highest BCUT2D eigenvalue weighted by Crippen LogP contribution is 2.39. The minimum Gasteiger partial charge on any atom is -0.462 e. The quantitative estimate of drug-likeness (QED) is 0.288. The van der Waals surface area contributed by atoms with E-state index in [-0.39, 0.29) is 5.41 Å². The molecule has 4 aromatic heterocycles. The molecule has 4 nitrogen and oxygen atoms in total. The Bertz CT molecular complexity index is 1620. The van der Waals surface area contributed by atoms with E-state index in [1.54, 1.807) is 12.5 Å². The molecule has 4 heterocycles. The van der Waals surface area contributed by atoms with Gasteiger partial charge in [-0.15, -0.1) is 0 Å². The molecule has 0 amide bonds. The number of hydrogen-bond acceptors (Lipinski definition) is 4. The van der Waals surface area contributed by atoms with Gasteiger partial charge in [-0.05, 0) is 52.1 Å². The fourth-order valence-corrected chi connectivity index (χ4v) is 4.44. The van der Waals surface area contributed by atoms with E-state index < -0.39 is 0 Å². The van der Waals surface area contributed by atoms with Crippen LogP contribution >= 0.6 is 0 Å². The van der Waals surface area contributed by atoms with Crippen molar-refractivity contribution in [3.05, 3.63) is 84.9 Å². The SMILES string of the molecule is CC(C)(C)c1cc(-c2nccc3cc(-c4ccnc5ccoc45)oc23)cc2ccccc12. The molecule has 0 saturated heterocycles. The van der Waals surface area contributed by atoms with E-state index in [9.17, 15) is 0 Å². The summed E-state index contributed by atoms with van der Waals surface area (Å²) in [7, 11) is 0. The maximum Gasteiger partial charge on any atom is 0.163 e. The second-order valence-electron chi connectivity index (χ2n) is 9.18. The Morgan fingerprint density at radius 3 is 2.50 bits per heavy atom. The third-order valence-corrected chi connectivity index (χ3v) is 5.99. The van der Waals surface area contributed by atoms with Gasteiger partial charge in [-0.3, -0.25) is 9.97 Å². The molecule has 0 aliphatic heterocycles. The van der Waals surface area contributed by atoms with E-state index in [4.69, 9.17) is 13.8 Å². The van der Waals surface area contributed by atoms with Gasteiger partial charge in [-0.1, -0.05) is 45.0 Å². The van der Waals surface area contributed by atoms with Crippen molar-refractivity contribution in [1.29, 1.82) is 0 Å². The lowest BCUT2D eigenvalue weighted by molar-refractivity contribution is 0.596. The lowest BCUT2D eigenvalue weighted by Crippen LogP contribution is -2.12. The van der Waals surface area contributed by atoms with Gasteiger partial charge < -0.3 is 8.83 Å². The van der Waals surface area contributed by atoms with Crippen molar-refractivity contribution in [2.75, 3.05) is 0 Å². The first-order chi connectivity index (χ1) is 15.5. The second kappa shape index (κ2) is 6.79. The summed E-state index contributed by atoms with van der Waals surface area (Å²) in [5.41, 5.74) is 6.38. The van der Waals surface area contributed by atoms with Gasteiger partial charge in [0.15, 0.2) is 11.2 Å². The zero-order chi connectivity index (χ0) is 21.9. The Kier molecular flexibility index (Phi) is 3.99. The van der Waals surface area contributed by atoms with Crippen LogP contribution in [-0.2, 0) is 5.41 Å². The Balaban J connectivity index is 1.60. The van der Waals surface area contributed by atoms with Crippen molar-refractivity contribution in [3.63, 3.8) is 0 Å². The second-order valence-corrected chi connectivity index (χ2v) is 9.18. The van der Waals surface area contributed by atoms with Crippen LogP contribution in [0.2, 0.25) is 0 Å². The minimum absolute atomic E-state index is 0.000233. The normalized spacial score (nSPS) is 12.2. The number of fused-ring (bicyclic) bond motifs is 3. The Morgan fingerprint density at radius 2 is 1.62 bits per heavy atom. The Hall–Kier alpha value is -3.92. The number of benzene rings is 2. The first-order valence-electron chi connectivity index (χ1n) is 10.7. The topological polar surface area (TPSA) is 52.1 Å². The molecule has 0 saturated carbocycles. The molecule has 32 heavy (non-hydrogen) atoms. The van der Waals surface area contributed by atoms with E-state index in [0.717, 1.165) is 44.7 Å². The monoisotopic (exact) mass is 418 g/mol. The van der Waals surface area contributed by atoms with Crippen LogP contribution in [0.1, 0.15) is 26.3 Å². The summed E-state index contributed by atoms with van der Waals surface area (Å²) in [6.45, 7) is 6.74. The van der Waals surface area contributed by atoms with E-state index in [2.05, 4.69) is 62.2 Å². The summed E-state index contributed by atoms with van der Waals surface area (Å²) < 4.78 is 12.1. The highest BCUT2D eigenvalue weighted by Gasteiger charge is 2.21. The zero-order valence-electron chi connectivity index (χ0n) is 18.2. The number of nitrogens with zero attached hydrogens (tertiary/aromatic N) is 2. The zero-order valence-corrected chi connectivity index (χ0v) is 18.2. The fraction of sp³-hybridized carbons (Fsp3) is 0.143. The standard InChI is InChI=1S/C28H22N2O2/c1-28(2,3)22-15-19(14-17-6-4-5-7-20(17)22)25-26-18(8-11-30-25)16-24(32-26)21-9-12-29-23-10-13-31-27(21)23/h4-16H,1-3H3. The maximum absolute atomic E-state index is 6.40. The molecule has 4 heteroatoms. The number of rotatable bonds is 2. The molecule has 156 valence electrons. The summed E-state index contributed by atoms with van der Waals surface area (Å²) in [5, 5.41) is 3.48. The van der Waals surface area contributed by atoms with E-state index >= 15 is 0 Å². The van der Waals surface area contributed by atoms with Crippen LogP contribution in [0.3, 0.4) is 0 Å². The van der Waals surface area contributed by atoms with Crippen LogP contribution in [-0.4, -0.2) is 9.97 Å². The van der Waals surface area contributed by atoms with Gasteiger partial charge in [-0.25, -0.2) is 0 Å². The van der Waals surface area contributed by atoms with E-state index in [1.165, 1.54) is 16.3 Å².